The van der Waals surface area contributed by atoms with Crippen LogP contribution in [0.3, 0.4) is 0 Å². The molecule has 0 aliphatic rings. The number of rotatable bonds is 3. The zero-order valence-electron chi connectivity index (χ0n) is 9.65. The molecule has 0 aliphatic heterocycles. The lowest BCUT2D eigenvalue weighted by Gasteiger charge is -2.18. The van der Waals surface area contributed by atoms with Gasteiger partial charge < -0.3 is 4.90 Å². The van der Waals surface area contributed by atoms with E-state index in [-0.39, 0.29) is 0 Å². The van der Waals surface area contributed by atoms with Crippen molar-refractivity contribution in [3.63, 3.8) is 0 Å². The summed E-state index contributed by atoms with van der Waals surface area (Å²) in [5.41, 5.74) is 1.75. The van der Waals surface area contributed by atoms with Crippen molar-refractivity contribution >= 4 is 48.9 Å². The van der Waals surface area contributed by atoms with Crippen molar-refractivity contribution in [2.24, 2.45) is 0 Å². The number of nitrogens with zero attached hydrogens (tertiary/aromatic N) is 2. The minimum Gasteiger partial charge on any atom is -0.369 e. The maximum atomic E-state index is 8.89. The van der Waals surface area contributed by atoms with Gasteiger partial charge in [-0.15, -0.1) is 11.3 Å². The van der Waals surface area contributed by atoms with Gasteiger partial charge in [0.05, 0.1) is 12.1 Å². The Morgan fingerprint density at radius 1 is 1.33 bits per heavy atom. The molecule has 18 heavy (non-hydrogen) atoms. The molecule has 0 spiro atoms. The van der Waals surface area contributed by atoms with Gasteiger partial charge in [0.1, 0.15) is 6.07 Å². The molecule has 0 unspecified atom stereocenters. The van der Waals surface area contributed by atoms with Gasteiger partial charge in [-0.25, -0.2) is 0 Å². The first-order valence-corrected chi connectivity index (χ1v) is 7.70. The van der Waals surface area contributed by atoms with E-state index in [1.165, 1.54) is 4.88 Å². The van der Waals surface area contributed by atoms with Crippen LogP contribution in [0.2, 0.25) is 0 Å². The summed E-state index contributed by atoms with van der Waals surface area (Å²) in [4.78, 5) is 3.45. The fraction of sp³-hybridized carbons (Fsp3) is 0.154. The Labute approximate surface area is 127 Å². The molecule has 2 rings (SSSR count). The molecule has 0 saturated carbocycles. The third-order valence-corrected chi connectivity index (χ3v) is 4.87. The molecule has 92 valence electrons. The van der Waals surface area contributed by atoms with E-state index < -0.39 is 0 Å². The van der Waals surface area contributed by atoms with Crippen molar-refractivity contribution in [3.05, 3.63) is 49.0 Å². The van der Waals surface area contributed by atoms with Crippen LogP contribution >= 0.6 is 43.2 Å². The van der Waals surface area contributed by atoms with Crippen LogP contribution in [0.25, 0.3) is 0 Å². The predicted molar refractivity (Wildman–Crippen MR) is 83.0 cm³/mol. The number of nitriles is 1. The topological polar surface area (TPSA) is 27.0 Å². The van der Waals surface area contributed by atoms with Gasteiger partial charge >= 0.3 is 0 Å². The van der Waals surface area contributed by atoms with Gasteiger partial charge in [0.25, 0.3) is 0 Å². The average Bonchev–Trinajstić information content (AvgIpc) is 2.74. The molecular weight excluding hydrogens is 376 g/mol. The number of hydrogen-bond acceptors (Lipinski definition) is 3. The van der Waals surface area contributed by atoms with Crippen molar-refractivity contribution in [3.8, 4) is 6.07 Å². The molecule has 0 radical (unpaired) electrons. The summed E-state index contributed by atoms with van der Waals surface area (Å²) in [5, 5.41) is 11.0. The monoisotopic (exact) mass is 384 g/mol. The van der Waals surface area contributed by atoms with Gasteiger partial charge in [0.2, 0.25) is 0 Å². The second-order valence-corrected chi connectivity index (χ2v) is 6.63. The van der Waals surface area contributed by atoms with Gasteiger partial charge in [-0.1, -0.05) is 0 Å². The molecule has 0 amide bonds. The number of thiophene rings is 1. The molecular formula is C13H10Br2N2S. The number of hydrogen-bond donors (Lipinski definition) is 0. The summed E-state index contributed by atoms with van der Waals surface area (Å²) in [7, 11) is 2.04. The van der Waals surface area contributed by atoms with Gasteiger partial charge in [0, 0.05) is 31.9 Å². The Kier molecular flexibility index (Phi) is 4.44. The molecule has 1 heterocycles. The molecule has 0 N–H and O–H groups in total. The van der Waals surface area contributed by atoms with Crippen LogP contribution < -0.4 is 4.90 Å². The normalized spacial score (nSPS) is 10.1. The Hall–Kier alpha value is -0.830. The number of benzene rings is 1. The van der Waals surface area contributed by atoms with Crippen LogP contribution in [0.15, 0.2) is 38.6 Å². The fourth-order valence-electron chi connectivity index (χ4n) is 1.59. The summed E-state index contributed by atoms with van der Waals surface area (Å²) in [6, 6.07) is 10.0. The molecule has 0 aliphatic carbocycles. The minimum absolute atomic E-state index is 0.658. The Bertz CT molecular complexity index is 601. The first-order valence-electron chi connectivity index (χ1n) is 5.24. The lowest BCUT2D eigenvalue weighted by Crippen LogP contribution is -2.15. The summed E-state index contributed by atoms with van der Waals surface area (Å²) >= 11 is 8.60. The largest absolute Gasteiger partial charge is 0.369 e. The molecule has 1 aromatic heterocycles. The van der Waals surface area contributed by atoms with E-state index in [1.54, 1.807) is 11.3 Å². The molecule has 0 bridgehead atoms. The Morgan fingerprint density at radius 2 is 2.11 bits per heavy atom. The Balaban J connectivity index is 2.16. The zero-order chi connectivity index (χ0) is 13.1. The van der Waals surface area contributed by atoms with Gasteiger partial charge in [-0.3, -0.25) is 0 Å². The second-order valence-electron chi connectivity index (χ2n) is 3.86. The highest BCUT2D eigenvalue weighted by atomic mass is 79.9. The van der Waals surface area contributed by atoms with E-state index >= 15 is 0 Å². The molecule has 0 atom stereocenters. The lowest BCUT2D eigenvalue weighted by molar-refractivity contribution is 0.939. The maximum Gasteiger partial charge on any atom is 0.100 e. The predicted octanol–water partition coefficient (Wildman–Crippen LogP) is 4.78. The van der Waals surface area contributed by atoms with Crippen molar-refractivity contribution in [2.45, 2.75) is 6.54 Å². The van der Waals surface area contributed by atoms with E-state index in [2.05, 4.69) is 54.3 Å². The molecule has 2 nitrogen and oxygen atoms in total. The highest BCUT2D eigenvalue weighted by molar-refractivity contribution is 9.10. The molecule has 1 aromatic carbocycles. The summed E-state index contributed by atoms with van der Waals surface area (Å²) < 4.78 is 1.96. The average molecular weight is 386 g/mol. The van der Waals surface area contributed by atoms with Gasteiger partial charge in [-0.2, -0.15) is 5.26 Å². The highest BCUT2D eigenvalue weighted by Gasteiger charge is 2.07. The first kappa shape index (κ1) is 13.6. The van der Waals surface area contributed by atoms with Crippen molar-refractivity contribution in [1.29, 1.82) is 5.26 Å². The first-order chi connectivity index (χ1) is 8.60. The minimum atomic E-state index is 0.658. The molecule has 0 fully saturated rings. The van der Waals surface area contributed by atoms with E-state index in [9.17, 15) is 0 Å². The summed E-state index contributed by atoms with van der Waals surface area (Å²) in [6.45, 7) is 0.856. The third-order valence-electron chi connectivity index (χ3n) is 2.53. The molecule has 0 saturated heterocycles. The van der Waals surface area contributed by atoms with Crippen LogP contribution in [-0.4, -0.2) is 7.05 Å². The number of halogens is 2. The second kappa shape index (κ2) is 5.87. The zero-order valence-corrected chi connectivity index (χ0v) is 13.6. The SMILES string of the molecule is CN(Cc1cc(Br)cs1)c1ccc(C#N)c(Br)c1. The van der Waals surface area contributed by atoms with Crippen molar-refractivity contribution < 1.29 is 0 Å². The third kappa shape index (κ3) is 3.14. The van der Waals surface area contributed by atoms with E-state index in [0.29, 0.717) is 5.56 Å². The van der Waals surface area contributed by atoms with E-state index in [1.807, 2.05) is 25.2 Å². The van der Waals surface area contributed by atoms with E-state index in [4.69, 9.17) is 5.26 Å². The summed E-state index contributed by atoms with van der Waals surface area (Å²) in [6.07, 6.45) is 0. The maximum absolute atomic E-state index is 8.89. The van der Waals surface area contributed by atoms with E-state index in [0.717, 1.165) is 21.2 Å². The Morgan fingerprint density at radius 3 is 2.67 bits per heavy atom. The highest BCUT2D eigenvalue weighted by Crippen LogP contribution is 2.26. The standard InChI is InChI=1S/C13H10Br2N2S/c1-17(7-12-4-10(14)8-18-12)11-3-2-9(6-16)13(15)5-11/h2-5,8H,7H2,1H3. The van der Waals surface area contributed by atoms with Crippen LogP contribution in [0, 0.1) is 11.3 Å². The van der Waals surface area contributed by atoms with Gasteiger partial charge in [-0.05, 0) is 56.1 Å². The van der Waals surface area contributed by atoms with Crippen LogP contribution in [0.4, 0.5) is 5.69 Å². The van der Waals surface area contributed by atoms with Crippen LogP contribution in [-0.2, 0) is 6.54 Å². The van der Waals surface area contributed by atoms with Crippen molar-refractivity contribution in [2.75, 3.05) is 11.9 Å². The van der Waals surface area contributed by atoms with Crippen LogP contribution in [0.1, 0.15) is 10.4 Å². The van der Waals surface area contributed by atoms with Crippen molar-refractivity contribution in [1.82, 2.24) is 0 Å². The fourth-order valence-corrected chi connectivity index (χ4v) is 3.55. The smallest absolute Gasteiger partial charge is 0.100 e. The van der Waals surface area contributed by atoms with Crippen LogP contribution in [0.5, 0.6) is 0 Å². The summed E-state index contributed by atoms with van der Waals surface area (Å²) in [5.74, 6) is 0. The molecule has 5 heteroatoms. The van der Waals surface area contributed by atoms with Gasteiger partial charge in [0.15, 0.2) is 0 Å². The number of anilines is 1. The quantitative estimate of drug-likeness (QED) is 0.759. The lowest BCUT2D eigenvalue weighted by atomic mass is 10.2. The molecule has 2 aromatic rings.